The summed E-state index contributed by atoms with van der Waals surface area (Å²) in [4.78, 5) is 0. The lowest BCUT2D eigenvalue weighted by Crippen LogP contribution is -1.90. The van der Waals surface area contributed by atoms with Gasteiger partial charge in [0, 0.05) is 20.4 Å². The minimum absolute atomic E-state index is 1.12. The van der Waals surface area contributed by atoms with Crippen molar-refractivity contribution in [1.82, 2.24) is 4.57 Å². The van der Waals surface area contributed by atoms with Crippen LogP contribution in [0.25, 0.3) is 5.69 Å². The van der Waals surface area contributed by atoms with Crippen LogP contribution in [0.4, 0.5) is 0 Å². The normalized spacial score (nSPS) is 10.3. The summed E-state index contributed by atoms with van der Waals surface area (Å²) in [5.41, 5.74) is 1.17. The molecule has 13 heavy (non-hydrogen) atoms. The maximum Gasteiger partial charge on any atom is 0.0592 e. The van der Waals surface area contributed by atoms with E-state index in [-0.39, 0.29) is 0 Å². The van der Waals surface area contributed by atoms with E-state index in [2.05, 4.69) is 61.3 Å². The molecule has 0 N–H and O–H groups in total. The summed E-state index contributed by atoms with van der Waals surface area (Å²) in [6.45, 7) is 0. The molecule has 2 rings (SSSR count). The van der Waals surface area contributed by atoms with Crippen LogP contribution in [0.5, 0.6) is 0 Å². The molecule has 0 amide bonds. The van der Waals surface area contributed by atoms with Gasteiger partial charge in [0.1, 0.15) is 0 Å². The van der Waals surface area contributed by atoms with Gasteiger partial charge >= 0.3 is 0 Å². The lowest BCUT2D eigenvalue weighted by Gasteiger charge is -2.05. The first-order valence-electron chi connectivity index (χ1n) is 3.86. The second kappa shape index (κ2) is 3.84. The summed E-state index contributed by atoms with van der Waals surface area (Å²) in [6, 6.07) is 10.3. The number of nitrogens with zero attached hydrogens (tertiary/aromatic N) is 1. The van der Waals surface area contributed by atoms with Crippen LogP contribution < -0.4 is 0 Å². The van der Waals surface area contributed by atoms with E-state index < -0.39 is 0 Å². The number of aromatic nitrogens is 1. The molecular weight excluding hydrogens is 341 g/mol. The first-order valence-corrected chi connectivity index (χ1v) is 5.73. The Kier molecular flexibility index (Phi) is 2.74. The number of hydrogen-bond donors (Lipinski definition) is 0. The van der Waals surface area contributed by atoms with Gasteiger partial charge in [-0.2, -0.15) is 0 Å². The summed E-state index contributed by atoms with van der Waals surface area (Å²) in [6.07, 6.45) is 4.07. The molecule has 66 valence electrons. The van der Waals surface area contributed by atoms with Crippen LogP contribution in [0.1, 0.15) is 0 Å². The molecule has 0 fully saturated rings. The number of benzene rings is 1. The van der Waals surface area contributed by atoms with E-state index >= 15 is 0 Å². The molecule has 0 aliphatic heterocycles. The zero-order valence-corrected chi connectivity index (χ0v) is 10.5. The molecule has 0 aliphatic rings. The van der Waals surface area contributed by atoms with E-state index in [4.69, 9.17) is 0 Å². The number of halogens is 2. The molecular formula is C10H7BrIN. The van der Waals surface area contributed by atoms with Crippen LogP contribution in [0.2, 0.25) is 0 Å². The summed E-state index contributed by atoms with van der Waals surface area (Å²) in [5.74, 6) is 0. The Morgan fingerprint density at radius 1 is 1.15 bits per heavy atom. The summed E-state index contributed by atoms with van der Waals surface area (Å²) >= 11 is 5.84. The predicted octanol–water partition coefficient (Wildman–Crippen LogP) is 3.84. The second-order valence-corrected chi connectivity index (χ2v) is 4.79. The van der Waals surface area contributed by atoms with Crippen molar-refractivity contribution in [3.8, 4) is 5.69 Å². The molecule has 1 aromatic heterocycles. The Hall–Kier alpha value is -0.290. The molecule has 0 bridgehead atoms. The maximum atomic E-state index is 3.54. The van der Waals surface area contributed by atoms with Crippen LogP contribution in [-0.4, -0.2) is 4.57 Å². The highest BCUT2D eigenvalue weighted by Gasteiger charge is 2.00. The van der Waals surface area contributed by atoms with Gasteiger partial charge in [-0.15, -0.1) is 0 Å². The molecule has 1 aromatic carbocycles. The van der Waals surface area contributed by atoms with E-state index in [1.54, 1.807) is 0 Å². The molecule has 0 saturated heterocycles. The smallest absolute Gasteiger partial charge is 0.0592 e. The van der Waals surface area contributed by atoms with Gasteiger partial charge in [-0.25, -0.2) is 0 Å². The van der Waals surface area contributed by atoms with E-state index in [1.165, 1.54) is 9.26 Å². The van der Waals surface area contributed by atoms with Gasteiger partial charge in [0.15, 0.2) is 0 Å². The van der Waals surface area contributed by atoms with Crippen molar-refractivity contribution < 1.29 is 0 Å². The van der Waals surface area contributed by atoms with Gasteiger partial charge in [0.05, 0.1) is 5.69 Å². The fraction of sp³-hybridized carbons (Fsp3) is 0. The fourth-order valence-electron chi connectivity index (χ4n) is 1.19. The minimum Gasteiger partial charge on any atom is -0.323 e. The largest absolute Gasteiger partial charge is 0.323 e. The third kappa shape index (κ3) is 1.96. The van der Waals surface area contributed by atoms with Crippen molar-refractivity contribution in [1.29, 1.82) is 0 Å². The van der Waals surface area contributed by atoms with Gasteiger partial charge in [0.2, 0.25) is 0 Å². The van der Waals surface area contributed by atoms with Gasteiger partial charge in [0.25, 0.3) is 0 Å². The van der Waals surface area contributed by atoms with Crippen molar-refractivity contribution in [2.75, 3.05) is 0 Å². The van der Waals surface area contributed by atoms with Crippen LogP contribution >= 0.6 is 38.5 Å². The Morgan fingerprint density at radius 3 is 2.46 bits per heavy atom. The molecule has 2 aromatic rings. The molecule has 0 radical (unpaired) electrons. The Labute approximate surface area is 99.0 Å². The van der Waals surface area contributed by atoms with Gasteiger partial charge in [-0.3, -0.25) is 0 Å². The zero-order chi connectivity index (χ0) is 9.26. The summed E-state index contributed by atoms with van der Waals surface area (Å²) < 4.78 is 4.44. The fourth-order valence-corrected chi connectivity index (χ4v) is 2.69. The standard InChI is InChI=1S/C10H7BrIN/c11-9-7-8(12)3-4-10(9)13-5-1-2-6-13/h1-7H. The number of hydrogen-bond acceptors (Lipinski definition) is 0. The highest BCUT2D eigenvalue weighted by atomic mass is 127. The van der Waals surface area contributed by atoms with Crippen molar-refractivity contribution in [3.63, 3.8) is 0 Å². The van der Waals surface area contributed by atoms with E-state index in [9.17, 15) is 0 Å². The van der Waals surface area contributed by atoms with Gasteiger partial charge < -0.3 is 4.57 Å². The van der Waals surface area contributed by atoms with E-state index in [1.807, 2.05) is 24.5 Å². The average Bonchev–Trinajstić information content (AvgIpc) is 2.56. The van der Waals surface area contributed by atoms with Crippen molar-refractivity contribution in [3.05, 3.63) is 50.8 Å². The van der Waals surface area contributed by atoms with Crippen LogP contribution in [0.3, 0.4) is 0 Å². The van der Waals surface area contributed by atoms with E-state index in [0.717, 1.165) is 4.47 Å². The maximum absolute atomic E-state index is 3.54. The Bertz CT molecular complexity index is 409. The quantitative estimate of drug-likeness (QED) is 0.691. The van der Waals surface area contributed by atoms with E-state index in [0.29, 0.717) is 0 Å². The Morgan fingerprint density at radius 2 is 1.85 bits per heavy atom. The molecule has 0 aliphatic carbocycles. The third-order valence-electron chi connectivity index (χ3n) is 1.79. The molecule has 1 heterocycles. The van der Waals surface area contributed by atoms with Crippen LogP contribution in [0, 0.1) is 3.57 Å². The predicted molar refractivity (Wildman–Crippen MR) is 66.2 cm³/mol. The van der Waals surface area contributed by atoms with Crippen molar-refractivity contribution in [2.45, 2.75) is 0 Å². The molecule has 1 nitrogen and oxygen atoms in total. The first kappa shape index (κ1) is 9.27. The third-order valence-corrected chi connectivity index (χ3v) is 3.10. The van der Waals surface area contributed by atoms with Gasteiger partial charge in [-0.1, -0.05) is 0 Å². The second-order valence-electron chi connectivity index (χ2n) is 2.69. The molecule has 0 atom stereocenters. The van der Waals surface area contributed by atoms with Crippen LogP contribution in [0.15, 0.2) is 47.2 Å². The monoisotopic (exact) mass is 347 g/mol. The topological polar surface area (TPSA) is 4.93 Å². The highest BCUT2D eigenvalue weighted by Crippen LogP contribution is 2.23. The zero-order valence-electron chi connectivity index (χ0n) is 6.74. The molecule has 0 spiro atoms. The van der Waals surface area contributed by atoms with Crippen LogP contribution in [-0.2, 0) is 0 Å². The number of rotatable bonds is 1. The Balaban J connectivity index is 2.53. The summed E-state index contributed by atoms with van der Waals surface area (Å²) in [5, 5.41) is 0. The van der Waals surface area contributed by atoms with Crippen molar-refractivity contribution in [2.24, 2.45) is 0 Å². The lowest BCUT2D eigenvalue weighted by molar-refractivity contribution is 1.07. The minimum atomic E-state index is 1.12. The first-order chi connectivity index (χ1) is 6.27. The average molecular weight is 348 g/mol. The molecule has 3 heteroatoms. The van der Waals surface area contributed by atoms with Gasteiger partial charge in [-0.05, 0) is 68.9 Å². The van der Waals surface area contributed by atoms with Crippen molar-refractivity contribution >= 4 is 38.5 Å². The molecule has 0 unspecified atom stereocenters. The lowest BCUT2D eigenvalue weighted by atomic mass is 10.3. The summed E-state index contributed by atoms with van der Waals surface area (Å²) in [7, 11) is 0. The highest BCUT2D eigenvalue weighted by molar-refractivity contribution is 14.1. The molecule has 0 saturated carbocycles. The SMILES string of the molecule is Brc1cc(I)ccc1-n1cccc1.